The van der Waals surface area contributed by atoms with Crippen molar-refractivity contribution in [3.8, 4) is 11.5 Å². The number of hydrogen-bond donors (Lipinski definition) is 1. The predicted molar refractivity (Wildman–Crippen MR) is 88.1 cm³/mol. The molecule has 0 aliphatic rings. The van der Waals surface area contributed by atoms with E-state index in [1.54, 1.807) is 0 Å². The van der Waals surface area contributed by atoms with Crippen LogP contribution in [0.1, 0.15) is 20.8 Å². The highest BCUT2D eigenvalue weighted by atomic mass is 32.1. The topological polar surface area (TPSA) is 111 Å². The molecular formula is C15H12N4O4S. The number of aromatic nitrogens is 2. The van der Waals surface area contributed by atoms with Gasteiger partial charge in [-0.2, -0.15) is 0 Å². The Labute approximate surface area is 140 Å². The lowest BCUT2D eigenvalue weighted by Gasteiger charge is -2.01. The van der Waals surface area contributed by atoms with Crippen molar-refractivity contribution in [2.24, 2.45) is 0 Å². The van der Waals surface area contributed by atoms with Crippen LogP contribution in [-0.2, 0) is 0 Å². The van der Waals surface area contributed by atoms with Crippen LogP contribution in [0, 0.1) is 24.0 Å². The number of nitrogens with one attached hydrogen (secondary N) is 1. The van der Waals surface area contributed by atoms with Crippen LogP contribution in [0.2, 0.25) is 0 Å². The summed E-state index contributed by atoms with van der Waals surface area (Å²) in [5, 5.41) is 20.7. The van der Waals surface area contributed by atoms with Gasteiger partial charge >= 0.3 is 11.0 Å². The third-order valence-corrected chi connectivity index (χ3v) is 4.43. The van der Waals surface area contributed by atoms with Crippen molar-refractivity contribution < 1.29 is 14.1 Å². The highest BCUT2D eigenvalue weighted by molar-refractivity contribution is 7.17. The van der Waals surface area contributed by atoms with Crippen LogP contribution in [-0.4, -0.2) is 21.0 Å². The van der Waals surface area contributed by atoms with Crippen molar-refractivity contribution in [2.45, 2.75) is 13.8 Å². The quantitative estimate of drug-likeness (QED) is 0.572. The van der Waals surface area contributed by atoms with E-state index in [9.17, 15) is 14.9 Å². The molecule has 0 bridgehead atoms. The lowest BCUT2D eigenvalue weighted by atomic mass is 10.1. The van der Waals surface area contributed by atoms with Crippen molar-refractivity contribution in [1.29, 1.82) is 0 Å². The van der Waals surface area contributed by atoms with E-state index < -0.39 is 10.8 Å². The fourth-order valence-electron chi connectivity index (χ4n) is 1.97. The number of carbonyl (C=O) groups is 1. The van der Waals surface area contributed by atoms with Gasteiger partial charge in [-0.3, -0.25) is 20.2 Å². The fourth-order valence-corrected chi connectivity index (χ4v) is 2.69. The van der Waals surface area contributed by atoms with Gasteiger partial charge in [-0.15, -0.1) is 5.10 Å². The van der Waals surface area contributed by atoms with Crippen LogP contribution in [0.4, 0.5) is 11.0 Å². The minimum atomic E-state index is -0.550. The van der Waals surface area contributed by atoms with Gasteiger partial charge in [0.2, 0.25) is 5.89 Å². The van der Waals surface area contributed by atoms with Gasteiger partial charge < -0.3 is 4.42 Å². The van der Waals surface area contributed by atoms with Gasteiger partial charge in [0.25, 0.3) is 5.91 Å². The molecule has 0 atom stereocenters. The number of benzene rings is 1. The van der Waals surface area contributed by atoms with Crippen LogP contribution in [0.5, 0.6) is 0 Å². The number of thiophene rings is 1. The maximum absolute atomic E-state index is 12.0. The number of rotatable bonds is 4. The van der Waals surface area contributed by atoms with Gasteiger partial charge in [-0.05, 0) is 43.2 Å². The maximum atomic E-state index is 12.0. The van der Waals surface area contributed by atoms with Crippen LogP contribution in [0.3, 0.4) is 0 Å². The van der Waals surface area contributed by atoms with E-state index in [0.717, 1.165) is 28.0 Å². The molecule has 122 valence electrons. The molecule has 0 spiro atoms. The molecule has 0 saturated heterocycles. The number of aryl methyl sites for hydroxylation is 2. The van der Waals surface area contributed by atoms with Crippen LogP contribution in [0.25, 0.3) is 11.5 Å². The van der Waals surface area contributed by atoms with Gasteiger partial charge in [-0.25, -0.2) is 0 Å². The Bertz CT molecular complexity index is 931. The zero-order valence-corrected chi connectivity index (χ0v) is 13.6. The summed E-state index contributed by atoms with van der Waals surface area (Å²) in [4.78, 5) is 22.3. The molecule has 0 aliphatic heterocycles. The Morgan fingerprint density at radius 1 is 1.21 bits per heavy atom. The van der Waals surface area contributed by atoms with Crippen molar-refractivity contribution in [2.75, 3.05) is 5.32 Å². The zero-order chi connectivity index (χ0) is 17.3. The largest absolute Gasteiger partial charge is 0.403 e. The normalized spacial score (nSPS) is 10.6. The predicted octanol–water partition coefficient (Wildman–Crippen LogP) is 3.58. The molecule has 8 nitrogen and oxygen atoms in total. The fraction of sp³-hybridized carbons (Fsp3) is 0.133. The summed E-state index contributed by atoms with van der Waals surface area (Å²) in [6.07, 6.45) is 0. The van der Waals surface area contributed by atoms with E-state index in [-0.39, 0.29) is 21.8 Å². The smallest absolute Gasteiger partial charge is 0.324 e. The average Bonchev–Trinajstić information content (AvgIpc) is 3.19. The molecule has 0 radical (unpaired) electrons. The standard InChI is InChI=1S/C15H12N4O4S/c1-8-3-4-10(7-9(8)2)14-17-18-15(23-14)16-13(20)11-5-6-12(24-11)19(21)22/h3-7H,1-2H3,(H,16,18,20). The number of anilines is 1. The molecule has 24 heavy (non-hydrogen) atoms. The molecule has 1 amide bonds. The minimum absolute atomic E-state index is 0.0655. The lowest BCUT2D eigenvalue weighted by Crippen LogP contribution is -2.10. The van der Waals surface area contributed by atoms with Crippen LogP contribution >= 0.6 is 11.3 Å². The van der Waals surface area contributed by atoms with Gasteiger partial charge in [-0.1, -0.05) is 22.5 Å². The maximum Gasteiger partial charge on any atom is 0.324 e. The Hall–Kier alpha value is -3.07. The third kappa shape index (κ3) is 3.15. The molecule has 1 N–H and O–H groups in total. The second-order valence-corrected chi connectivity index (χ2v) is 6.12. The second kappa shape index (κ2) is 6.20. The molecule has 0 fully saturated rings. The summed E-state index contributed by atoms with van der Waals surface area (Å²) in [5.74, 6) is -0.256. The molecule has 1 aromatic carbocycles. The number of hydrogen-bond acceptors (Lipinski definition) is 7. The van der Waals surface area contributed by atoms with Crippen LogP contribution < -0.4 is 5.32 Å². The van der Waals surface area contributed by atoms with E-state index in [2.05, 4.69) is 15.5 Å². The molecule has 3 aromatic rings. The molecule has 2 aromatic heterocycles. The summed E-state index contributed by atoms with van der Waals surface area (Å²) < 4.78 is 5.43. The summed E-state index contributed by atoms with van der Waals surface area (Å²) in [6.45, 7) is 3.97. The first-order valence-corrected chi connectivity index (χ1v) is 7.72. The van der Waals surface area contributed by atoms with Crippen molar-refractivity contribution >= 4 is 28.3 Å². The van der Waals surface area contributed by atoms with Gasteiger partial charge in [0.15, 0.2) is 0 Å². The Morgan fingerprint density at radius 2 is 2.00 bits per heavy atom. The van der Waals surface area contributed by atoms with Crippen molar-refractivity contribution in [3.05, 3.63) is 56.5 Å². The van der Waals surface area contributed by atoms with Gasteiger partial charge in [0.1, 0.15) is 0 Å². The number of amides is 1. The molecule has 2 heterocycles. The lowest BCUT2D eigenvalue weighted by molar-refractivity contribution is -0.380. The Balaban J connectivity index is 1.76. The summed E-state index contributed by atoms with van der Waals surface area (Å²) >= 11 is 0.774. The summed E-state index contributed by atoms with van der Waals surface area (Å²) in [5.41, 5.74) is 2.98. The molecule has 0 aliphatic carbocycles. The van der Waals surface area contributed by atoms with Crippen molar-refractivity contribution in [3.63, 3.8) is 0 Å². The molecule has 0 saturated carbocycles. The first kappa shape index (κ1) is 15.8. The number of carbonyl (C=O) groups excluding carboxylic acids is 1. The highest BCUT2D eigenvalue weighted by Crippen LogP contribution is 2.26. The van der Waals surface area contributed by atoms with E-state index in [4.69, 9.17) is 4.42 Å². The Kier molecular flexibility index (Phi) is 4.09. The molecule has 0 unspecified atom stereocenters. The molecule has 3 rings (SSSR count). The monoisotopic (exact) mass is 344 g/mol. The molecule has 9 heteroatoms. The average molecular weight is 344 g/mol. The highest BCUT2D eigenvalue weighted by Gasteiger charge is 2.18. The van der Waals surface area contributed by atoms with E-state index in [1.165, 1.54) is 12.1 Å². The van der Waals surface area contributed by atoms with E-state index in [0.29, 0.717) is 0 Å². The second-order valence-electron chi connectivity index (χ2n) is 5.06. The minimum Gasteiger partial charge on any atom is -0.403 e. The van der Waals surface area contributed by atoms with Gasteiger partial charge in [0.05, 0.1) is 9.80 Å². The van der Waals surface area contributed by atoms with Gasteiger partial charge in [0, 0.05) is 11.6 Å². The van der Waals surface area contributed by atoms with E-state index >= 15 is 0 Å². The van der Waals surface area contributed by atoms with Crippen molar-refractivity contribution in [1.82, 2.24) is 10.2 Å². The Morgan fingerprint density at radius 3 is 2.67 bits per heavy atom. The summed E-state index contributed by atoms with van der Waals surface area (Å²) in [7, 11) is 0. The van der Waals surface area contributed by atoms with E-state index in [1.807, 2.05) is 32.0 Å². The van der Waals surface area contributed by atoms with Crippen LogP contribution in [0.15, 0.2) is 34.7 Å². The zero-order valence-electron chi connectivity index (χ0n) is 12.8. The SMILES string of the molecule is Cc1ccc(-c2nnc(NC(=O)c3ccc([N+](=O)[O-])s3)o2)cc1C. The number of nitrogens with zero attached hydrogens (tertiary/aromatic N) is 3. The number of nitro groups is 1. The first-order valence-electron chi connectivity index (χ1n) is 6.91. The summed E-state index contributed by atoms with van der Waals surface area (Å²) in [6, 6.07) is 8.29. The third-order valence-electron chi connectivity index (χ3n) is 3.39. The first-order chi connectivity index (χ1) is 11.4. The molecular weight excluding hydrogens is 332 g/mol.